The highest BCUT2D eigenvalue weighted by Crippen LogP contribution is 2.43. The maximum atomic E-state index is 12.7. The molecular formula is C65H114NO8P. The summed E-state index contributed by atoms with van der Waals surface area (Å²) in [4.78, 5) is 35.3. The molecule has 0 rings (SSSR count). The monoisotopic (exact) mass is 1070 g/mol. The number of phosphoric acid groups is 1. The molecule has 0 aliphatic heterocycles. The summed E-state index contributed by atoms with van der Waals surface area (Å²) in [6, 6.07) is 0. The first-order valence-electron chi connectivity index (χ1n) is 30.7. The molecule has 75 heavy (non-hydrogen) atoms. The maximum Gasteiger partial charge on any atom is 0.472 e. The summed E-state index contributed by atoms with van der Waals surface area (Å²) in [6.45, 7) is 3.54. The number of rotatable bonds is 57. The fourth-order valence-electron chi connectivity index (χ4n) is 8.50. The van der Waals surface area contributed by atoms with E-state index in [9.17, 15) is 19.0 Å². The van der Waals surface area contributed by atoms with Crippen LogP contribution in [0.15, 0.2) is 97.2 Å². The summed E-state index contributed by atoms with van der Waals surface area (Å²) in [5, 5.41) is 0. The van der Waals surface area contributed by atoms with Crippen LogP contribution in [0.4, 0.5) is 0 Å². The highest BCUT2D eigenvalue weighted by molar-refractivity contribution is 7.47. The lowest BCUT2D eigenvalue weighted by Gasteiger charge is -2.19. The SMILES string of the molecule is CC/C=C\C/C=C\C/C=C\C/C=C\CCCCCCCCCCCCCCCCCCCCC(=O)OC(COC(=O)CCCCCCCCCCCC/C=C\C/C=C\C/C=C\C/C=C\CC)COP(=O)(O)OCCN. The predicted molar refractivity (Wildman–Crippen MR) is 321 cm³/mol. The van der Waals surface area contributed by atoms with Gasteiger partial charge < -0.3 is 20.1 Å². The van der Waals surface area contributed by atoms with Crippen molar-refractivity contribution in [1.82, 2.24) is 0 Å². The Morgan fingerprint density at radius 2 is 0.693 bits per heavy atom. The smallest absolute Gasteiger partial charge is 0.462 e. The molecule has 0 aromatic rings. The molecule has 0 radical (unpaired) electrons. The zero-order valence-electron chi connectivity index (χ0n) is 48.3. The van der Waals surface area contributed by atoms with Gasteiger partial charge in [0, 0.05) is 19.4 Å². The minimum absolute atomic E-state index is 0.0501. The van der Waals surface area contributed by atoms with Crippen molar-refractivity contribution in [1.29, 1.82) is 0 Å². The molecule has 2 atom stereocenters. The summed E-state index contributed by atoms with van der Waals surface area (Å²) in [6.07, 6.45) is 80.4. The summed E-state index contributed by atoms with van der Waals surface area (Å²) >= 11 is 0. The Hall–Kier alpha value is -3.07. The summed E-state index contributed by atoms with van der Waals surface area (Å²) in [5.41, 5.74) is 5.39. The number of hydrogen-bond acceptors (Lipinski definition) is 8. The number of unbranched alkanes of at least 4 members (excludes halogenated alkanes) is 28. The average molecular weight is 1070 g/mol. The topological polar surface area (TPSA) is 134 Å². The van der Waals surface area contributed by atoms with Gasteiger partial charge in [0.1, 0.15) is 6.61 Å². The van der Waals surface area contributed by atoms with E-state index in [1.54, 1.807) is 0 Å². The van der Waals surface area contributed by atoms with Crippen LogP contribution in [-0.2, 0) is 32.7 Å². The predicted octanol–water partition coefficient (Wildman–Crippen LogP) is 19.6. The van der Waals surface area contributed by atoms with Crippen molar-refractivity contribution >= 4 is 19.8 Å². The number of hydrogen-bond donors (Lipinski definition) is 2. The molecule has 0 aromatic carbocycles. The Morgan fingerprint density at radius 3 is 1.03 bits per heavy atom. The zero-order chi connectivity index (χ0) is 54.5. The molecule has 10 heteroatoms. The molecule has 0 heterocycles. The van der Waals surface area contributed by atoms with E-state index in [4.69, 9.17) is 24.3 Å². The molecule has 0 fully saturated rings. The Bertz CT molecular complexity index is 1550. The first-order chi connectivity index (χ1) is 36.8. The van der Waals surface area contributed by atoms with Gasteiger partial charge in [-0.1, -0.05) is 265 Å². The number of esters is 2. The van der Waals surface area contributed by atoms with Gasteiger partial charge in [0.15, 0.2) is 6.10 Å². The van der Waals surface area contributed by atoms with Crippen LogP contribution in [0.1, 0.15) is 271 Å². The number of carbonyl (C=O) groups excluding carboxylic acids is 2. The first-order valence-corrected chi connectivity index (χ1v) is 32.2. The maximum absolute atomic E-state index is 12.7. The summed E-state index contributed by atoms with van der Waals surface area (Å²) < 4.78 is 33.1. The third-order valence-corrected chi connectivity index (χ3v) is 13.9. The van der Waals surface area contributed by atoms with E-state index in [0.717, 1.165) is 103 Å². The molecule has 3 N–H and O–H groups in total. The van der Waals surface area contributed by atoms with Gasteiger partial charge in [-0.25, -0.2) is 4.57 Å². The summed E-state index contributed by atoms with van der Waals surface area (Å²) in [5.74, 6) is -0.828. The fourth-order valence-corrected chi connectivity index (χ4v) is 9.27. The second kappa shape index (κ2) is 60.2. The molecule has 9 nitrogen and oxygen atoms in total. The van der Waals surface area contributed by atoms with Crippen LogP contribution in [0, 0.1) is 0 Å². The lowest BCUT2D eigenvalue weighted by atomic mass is 10.0. The molecule has 0 amide bonds. The minimum Gasteiger partial charge on any atom is -0.462 e. The minimum atomic E-state index is -4.39. The average Bonchev–Trinajstić information content (AvgIpc) is 3.40. The van der Waals surface area contributed by atoms with Crippen molar-refractivity contribution in [3.8, 4) is 0 Å². The molecule has 0 saturated carbocycles. The molecule has 2 unspecified atom stereocenters. The van der Waals surface area contributed by atoms with Crippen LogP contribution < -0.4 is 5.73 Å². The van der Waals surface area contributed by atoms with Crippen LogP contribution in [0.25, 0.3) is 0 Å². The highest BCUT2D eigenvalue weighted by Gasteiger charge is 2.26. The van der Waals surface area contributed by atoms with Crippen molar-refractivity contribution in [2.75, 3.05) is 26.4 Å². The quantitative estimate of drug-likeness (QED) is 0.0264. The van der Waals surface area contributed by atoms with Crippen LogP contribution in [0.5, 0.6) is 0 Å². The van der Waals surface area contributed by atoms with Gasteiger partial charge >= 0.3 is 19.8 Å². The fraction of sp³-hybridized carbons (Fsp3) is 0.723. The molecule has 0 bridgehead atoms. The van der Waals surface area contributed by atoms with Crippen molar-refractivity contribution in [2.24, 2.45) is 5.73 Å². The normalized spacial score (nSPS) is 13.7. The van der Waals surface area contributed by atoms with Gasteiger partial charge in [0.05, 0.1) is 13.2 Å². The van der Waals surface area contributed by atoms with E-state index in [2.05, 4.69) is 111 Å². The largest absolute Gasteiger partial charge is 0.472 e. The van der Waals surface area contributed by atoms with Crippen molar-refractivity contribution in [2.45, 2.75) is 277 Å². The van der Waals surface area contributed by atoms with Gasteiger partial charge in [0.25, 0.3) is 0 Å². The van der Waals surface area contributed by atoms with E-state index >= 15 is 0 Å². The van der Waals surface area contributed by atoms with Crippen LogP contribution in [-0.4, -0.2) is 49.3 Å². The number of phosphoric ester groups is 1. The zero-order valence-corrected chi connectivity index (χ0v) is 49.2. The van der Waals surface area contributed by atoms with Crippen LogP contribution in [0.3, 0.4) is 0 Å². The van der Waals surface area contributed by atoms with Crippen molar-refractivity contribution in [3.63, 3.8) is 0 Å². The van der Waals surface area contributed by atoms with Crippen LogP contribution >= 0.6 is 7.82 Å². The van der Waals surface area contributed by atoms with Gasteiger partial charge in [0.2, 0.25) is 0 Å². The second-order valence-electron chi connectivity index (χ2n) is 20.2. The molecule has 0 saturated heterocycles. The Morgan fingerprint density at radius 1 is 0.400 bits per heavy atom. The van der Waals surface area contributed by atoms with Gasteiger partial charge in [-0.2, -0.15) is 0 Å². The lowest BCUT2D eigenvalue weighted by molar-refractivity contribution is -0.161. The Kier molecular flexibility index (Phi) is 57.7. The number of ether oxygens (including phenoxy) is 2. The third-order valence-electron chi connectivity index (χ3n) is 13.0. The number of allylic oxidation sites excluding steroid dienone is 16. The molecule has 432 valence electrons. The molecule has 0 aromatic heterocycles. The summed E-state index contributed by atoms with van der Waals surface area (Å²) in [7, 11) is -4.39. The first kappa shape index (κ1) is 71.9. The van der Waals surface area contributed by atoms with E-state index in [1.165, 1.54) is 135 Å². The van der Waals surface area contributed by atoms with Crippen molar-refractivity contribution < 1.29 is 37.6 Å². The van der Waals surface area contributed by atoms with Gasteiger partial charge in [-0.15, -0.1) is 0 Å². The van der Waals surface area contributed by atoms with E-state index < -0.39 is 26.5 Å². The number of nitrogens with two attached hydrogens (primary N) is 1. The Labute approximate surface area is 461 Å². The van der Waals surface area contributed by atoms with Gasteiger partial charge in [-0.05, 0) is 89.9 Å². The molecule has 0 aliphatic rings. The number of carbonyl (C=O) groups is 2. The Balaban J connectivity index is 3.92. The molecule has 0 aliphatic carbocycles. The van der Waals surface area contributed by atoms with Crippen molar-refractivity contribution in [3.05, 3.63) is 97.2 Å². The molecular weight excluding hydrogens is 954 g/mol. The standard InChI is InChI=1S/C65H114NO8P/c1-3-5-7-9-11-13-15-17-19-21-23-25-27-28-29-30-31-32-33-34-36-38-40-42-44-46-48-50-52-54-56-58-65(68)74-63(62-73-75(69,70)72-60-59-66)61-71-64(67)57-55-53-51-49-47-45-43-41-39-37-35-26-24-22-20-18-16-14-12-10-8-6-4-2/h5-8,11-14,17-20,23-26,63H,3-4,9-10,15-16,21-22,27-62,66H2,1-2H3,(H,69,70)/b7-5-,8-6-,13-11-,14-12-,19-17-,20-18-,25-23-,26-24-. The third kappa shape index (κ3) is 60.0. The van der Waals surface area contributed by atoms with E-state index in [-0.39, 0.29) is 38.6 Å². The highest BCUT2D eigenvalue weighted by atomic mass is 31.2. The van der Waals surface area contributed by atoms with Crippen LogP contribution in [0.2, 0.25) is 0 Å². The van der Waals surface area contributed by atoms with E-state index in [1.807, 2.05) is 0 Å². The lowest BCUT2D eigenvalue weighted by Crippen LogP contribution is -2.29. The second-order valence-corrected chi connectivity index (χ2v) is 21.6. The van der Waals surface area contributed by atoms with E-state index in [0.29, 0.717) is 6.42 Å². The molecule has 0 spiro atoms. The van der Waals surface area contributed by atoms with Gasteiger partial charge in [-0.3, -0.25) is 18.6 Å².